The smallest absolute Gasteiger partial charge is 0.340 e. The molecule has 0 aliphatic rings. The number of esters is 1. The lowest BCUT2D eigenvalue weighted by atomic mass is 10.1. The Morgan fingerprint density at radius 1 is 1.09 bits per heavy atom. The van der Waals surface area contributed by atoms with Crippen molar-refractivity contribution in [3.8, 4) is 11.5 Å². The molecule has 6 nitrogen and oxygen atoms in total. The summed E-state index contributed by atoms with van der Waals surface area (Å²) in [7, 11) is 0. The van der Waals surface area contributed by atoms with Crippen LogP contribution in [0.5, 0.6) is 11.5 Å². The van der Waals surface area contributed by atoms with Crippen molar-refractivity contribution in [1.29, 1.82) is 0 Å². The predicted molar refractivity (Wildman–Crippen MR) is 80.1 cm³/mol. The van der Waals surface area contributed by atoms with Crippen molar-refractivity contribution in [2.75, 3.05) is 11.9 Å². The number of carbonyl (C=O) groups excluding carboxylic acids is 2. The fourth-order valence-electron chi connectivity index (χ4n) is 1.84. The molecule has 0 aliphatic carbocycles. The van der Waals surface area contributed by atoms with Crippen LogP contribution in [0.3, 0.4) is 0 Å². The molecule has 22 heavy (non-hydrogen) atoms. The molecular formula is C16H15NO5. The fourth-order valence-corrected chi connectivity index (χ4v) is 1.84. The van der Waals surface area contributed by atoms with Gasteiger partial charge in [0.2, 0.25) is 0 Å². The van der Waals surface area contributed by atoms with Crippen LogP contribution in [0, 0.1) is 0 Å². The summed E-state index contributed by atoms with van der Waals surface area (Å²) in [4.78, 5) is 24.0. The van der Waals surface area contributed by atoms with E-state index in [-0.39, 0.29) is 23.5 Å². The lowest BCUT2D eigenvalue weighted by molar-refractivity contribution is 0.0527. The van der Waals surface area contributed by atoms with Crippen LogP contribution < -0.4 is 5.32 Å². The van der Waals surface area contributed by atoms with Crippen LogP contribution in [-0.4, -0.2) is 28.7 Å². The Morgan fingerprint density at radius 2 is 1.82 bits per heavy atom. The minimum absolute atomic E-state index is 0.147. The highest BCUT2D eigenvalue weighted by molar-refractivity contribution is 6.08. The highest BCUT2D eigenvalue weighted by Gasteiger charge is 2.15. The molecule has 1 amide bonds. The standard InChI is InChI=1S/C16H15NO5/c1-2-22-16(21)11-5-3-4-6-12(11)17-15(20)10-7-8-13(18)14(19)9-10/h3-9,18-19H,2H2,1H3,(H,17,20). The summed E-state index contributed by atoms with van der Waals surface area (Å²) in [5.74, 6) is -1.77. The van der Waals surface area contributed by atoms with E-state index in [1.54, 1.807) is 31.2 Å². The summed E-state index contributed by atoms with van der Waals surface area (Å²) in [5.41, 5.74) is 0.688. The van der Waals surface area contributed by atoms with E-state index in [1.807, 2.05) is 0 Å². The molecule has 0 bridgehead atoms. The first-order valence-corrected chi connectivity index (χ1v) is 6.62. The van der Waals surface area contributed by atoms with E-state index in [9.17, 15) is 19.8 Å². The number of hydrogen-bond donors (Lipinski definition) is 3. The van der Waals surface area contributed by atoms with E-state index in [0.717, 1.165) is 6.07 Å². The number of nitrogens with one attached hydrogen (secondary N) is 1. The van der Waals surface area contributed by atoms with Gasteiger partial charge in [-0.2, -0.15) is 0 Å². The number of para-hydroxylation sites is 1. The number of rotatable bonds is 4. The largest absolute Gasteiger partial charge is 0.504 e. The van der Waals surface area contributed by atoms with Crippen molar-refractivity contribution < 1.29 is 24.5 Å². The van der Waals surface area contributed by atoms with Crippen molar-refractivity contribution in [1.82, 2.24) is 0 Å². The minimum atomic E-state index is -0.535. The van der Waals surface area contributed by atoms with Crippen molar-refractivity contribution in [2.24, 2.45) is 0 Å². The van der Waals surface area contributed by atoms with Crippen LogP contribution in [-0.2, 0) is 4.74 Å². The summed E-state index contributed by atoms with van der Waals surface area (Å²) < 4.78 is 4.93. The van der Waals surface area contributed by atoms with Crippen LogP contribution in [0.15, 0.2) is 42.5 Å². The van der Waals surface area contributed by atoms with Gasteiger partial charge in [0.25, 0.3) is 5.91 Å². The molecule has 6 heteroatoms. The van der Waals surface area contributed by atoms with Crippen molar-refractivity contribution in [3.05, 3.63) is 53.6 Å². The molecule has 0 saturated heterocycles. The quantitative estimate of drug-likeness (QED) is 0.595. The van der Waals surface area contributed by atoms with Crippen LogP contribution in [0.2, 0.25) is 0 Å². The first-order valence-electron chi connectivity index (χ1n) is 6.62. The zero-order valence-electron chi connectivity index (χ0n) is 11.9. The van der Waals surface area contributed by atoms with Crippen molar-refractivity contribution in [2.45, 2.75) is 6.92 Å². The highest BCUT2D eigenvalue weighted by Crippen LogP contribution is 2.25. The lowest BCUT2D eigenvalue weighted by Crippen LogP contribution is -2.15. The Balaban J connectivity index is 2.25. The second-order valence-electron chi connectivity index (χ2n) is 4.42. The average molecular weight is 301 g/mol. The van der Waals surface area contributed by atoms with E-state index >= 15 is 0 Å². The number of benzene rings is 2. The van der Waals surface area contributed by atoms with Gasteiger partial charge < -0.3 is 20.3 Å². The van der Waals surface area contributed by atoms with Gasteiger partial charge in [-0.3, -0.25) is 4.79 Å². The van der Waals surface area contributed by atoms with Crippen LogP contribution in [0.1, 0.15) is 27.6 Å². The molecule has 0 radical (unpaired) electrons. The molecule has 0 unspecified atom stereocenters. The summed E-state index contributed by atoms with van der Waals surface area (Å²) in [5, 5.41) is 21.3. The Morgan fingerprint density at radius 3 is 2.50 bits per heavy atom. The van der Waals surface area contributed by atoms with E-state index in [2.05, 4.69) is 5.32 Å². The topological polar surface area (TPSA) is 95.9 Å². The molecule has 2 aromatic carbocycles. The summed E-state index contributed by atoms with van der Waals surface area (Å²) >= 11 is 0. The Bertz CT molecular complexity index is 711. The molecule has 0 heterocycles. The third-order valence-corrected chi connectivity index (χ3v) is 2.91. The maximum absolute atomic E-state index is 12.2. The molecule has 0 fully saturated rings. The third kappa shape index (κ3) is 3.35. The average Bonchev–Trinajstić information content (AvgIpc) is 2.50. The van der Waals surface area contributed by atoms with Gasteiger partial charge in [-0.15, -0.1) is 0 Å². The maximum Gasteiger partial charge on any atom is 0.340 e. The van der Waals surface area contributed by atoms with Crippen LogP contribution >= 0.6 is 0 Å². The zero-order chi connectivity index (χ0) is 16.1. The number of amides is 1. The molecule has 2 aromatic rings. The number of phenolic OH excluding ortho intramolecular Hbond substituents is 2. The number of ether oxygens (including phenoxy) is 1. The summed E-state index contributed by atoms with van der Waals surface area (Å²) in [6.45, 7) is 1.92. The van der Waals surface area contributed by atoms with Crippen molar-refractivity contribution in [3.63, 3.8) is 0 Å². The van der Waals surface area contributed by atoms with Gasteiger partial charge in [0.05, 0.1) is 17.9 Å². The number of aromatic hydroxyl groups is 2. The molecule has 2 rings (SSSR count). The zero-order valence-corrected chi connectivity index (χ0v) is 11.9. The van der Waals surface area contributed by atoms with E-state index in [4.69, 9.17) is 4.74 Å². The molecule has 0 aliphatic heterocycles. The van der Waals surface area contributed by atoms with Crippen LogP contribution in [0.4, 0.5) is 5.69 Å². The molecule has 0 aromatic heterocycles. The second kappa shape index (κ2) is 6.62. The third-order valence-electron chi connectivity index (χ3n) is 2.91. The SMILES string of the molecule is CCOC(=O)c1ccccc1NC(=O)c1ccc(O)c(O)c1. The first-order chi connectivity index (χ1) is 10.5. The van der Waals surface area contributed by atoms with E-state index in [1.165, 1.54) is 12.1 Å². The van der Waals surface area contributed by atoms with E-state index < -0.39 is 17.6 Å². The van der Waals surface area contributed by atoms with Crippen molar-refractivity contribution >= 4 is 17.6 Å². The first kappa shape index (κ1) is 15.4. The number of hydrogen-bond acceptors (Lipinski definition) is 5. The Kier molecular flexibility index (Phi) is 4.63. The summed E-state index contributed by atoms with van der Waals surface area (Å²) in [6.07, 6.45) is 0. The minimum Gasteiger partial charge on any atom is -0.504 e. The predicted octanol–water partition coefficient (Wildman–Crippen LogP) is 2.53. The van der Waals surface area contributed by atoms with Gasteiger partial charge in [0, 0.05) is 5.56 Å². The number of anilines is 1. The fraction of sp³-hybridized carbons (Fsp3) is 0.125. The molecular weight excluding hydrogens is 286 g/mol. The molecule has 0 saturated carbocycles. The van der Waals surface area contributed by atoms with Gasteiger partial charge in [-0.1, -0.05) is 12.1 Å². The monoisotopic (exact) mass is 301 g/mol. The lowest BCUT2D eigenvalue weighted by Gasteiger charge is -2.10. The van der Waals surface area contributed by atoms with Gasteiger partial charge >= 0.3 is 5.97 Å². The van der Waals surface area contributed by atoms with Crippen LogP contribution in [0.25, 0.3) is 0 Å². The normalized spacial score (nSPS) is 10.0. The van der Waals surface area contributed by atoms with Gasteiger partial charge in [-0.25, -0.2) is 4.79 Å². The van der Waals surface area contributed by atoms with Gasteiger partial charge in [-0.05, 0) is 37.3 Å². The van der Waals surface area contributed by atoms with E-state index in [0.29, 0.717) is 5.69 Å². The Labute approximate surface area is 127 Å². The molecule has 3 N–H and O–H groups in total. The van der Waals surface area contributed by atoms with Gasteiger partial charge in [0.15, 0.2) is 11.5 Å². The Hall–Kier alpha value is -3.02. The molecule has 0 atom stereocenters. The summed E-state index contributed by atoms with van der Waals surface area (Å²) in [6, 6.07) is 10.2. The maximum atomic E-state index is 12.2. The highest BCUT2D eigenvalue weighted by atomic mass is 16.5. The number of phenols is 2. The second-order valence-corrected chi connectivity index (χ2v) is 4.42. The molecule has 0 spiro atoms. The number of carbonyl (C=O) groups is 2. The van der Waals surface area contributed by atoms with Gasteiger partial charge in [0.1, 0.15) is 0 Å². The molecule has 114 valence electrons.